The Labute approximate surface area is 274 Å². The summed E-state index contributed by atoms with van der Waals surface area (Å²) in [5, 5.41) is 10.2. The molecule has 1 spiro atoms. The van der Waals surface area contributed by atoms with E-state index in [1.54, 1.807) is 41.8 Å². The number of nitrogens with one attached hydrogen (secondary N) is 1. The van der Waals surface area contributed by atoms with Gasteiger partial charge in [-0.3, -0.25) is 14.1 Å². The average molecular weight is 669 g/mol. The first-order valence-electron chi connectivity index (χ1n) is 15.7. The van der Waals surface area contributed by atoms with Crippen molar-refractivity contribution in [3.63, 3.8) is 0 Å². The Kier molecular flexibility index (Phi) is 9.27. The van der Waals surface area contributed by atoms with Gasteiger partial charge in [0.2, 0.25) is 0 Å². The van der Waals surface area contributed by atoms with E-state index in [1.165, 1.54) is 7.05 Å². The van der Waals surface area contributed by atoms with Gasteiger partial charge in [-0.05, 0) is 89.5 Å². The quantitative estimate of drug-likeness (QED) is 0.330. The van der Waals surface area contributed by atoms with Crippen molar-refractivity contribution in [2.45, 2.75) is 78.4 Å². The van der Waals surface area contributed by atoms with Crippen LogP contribution in [0, 0.1) is 29.5 Å². The maximum Gasteiger partial charge on any atom is 0.410 e. The molecule has 1 amide bonds. The number of nitriles is 1. The van der Waals surface area contributed by atoms with Gasteiger partial charge in [0, 0.05) is 38.3 Å². The third-order valence-electron chi connectivity index (χ3n) is 9.24. The first-order chi connectivity index (χ1) is 22.1. The van der Waals surface area contributed by atoms with E-state index in [1.807, 2.05) is 26.8 Å². The highest BCUT2D eigenvalue weighted by molar-refractivity contribution is 7.90. The minimum Gasteiger partial charge on any atom is -0.452 e. The van der Waals surface area contributed by atoms with Crippen LogP contribution >= 0.6 is 0 Å². The lowest BCUT2D eigenvalue weighted by Gasteiger charge is -2.40. The fourth-order valence-corrected chi connectivity index (χ4v) is 7.38. The molecule has 2 aliphatic rings. The summed E-state index contributed by atoms with van der Waals surface area (Å²) in [7, 11) is -2.63. The van der Waals surface area contributed by atoms with E-state index in [2.05, 4.69) is 9.71 Å². The number of hydrogen-bond donors (Lipinski definition) is 1. The zero-order valence-electron chi connectivity index (χ0n) is 27.6. The Morgan fingerprint density at radius 1 is 1.21 bits per heavy atom. The van der Waals surface area contributed by atoms with E-state index in [0.29, 0.717) is 29.6 Å². The van der Waals surface area contributed by atoms with Crippen LogP contribution in [0.25, 0.3) is 10.9 Å². The fraction of sp³-hybridized carbons (Fsp3) is 0.515. The molecule has 1 saturated heterocycles. The number of aromatic nitrogens is 2. The predicted molar refractivity (Wildman–Crippen MR) is 175 cm³/mol. The van der Waals surface area contributed by atoms with E-state index in [-0.39, 0.29) is 46.7 Å². The van der Waals surface area contributed by atoms with Gasteiger partial charge in [-0.1, -0.05) is 6.92 Å². The number of benzene rings is 2. The molecule has 1 saturated carbocycles. The summed E-state index contributed by atoms with van der Waals surface area (Å²) < 4.78 is 56.8. The second-order valence-electron chi connectivity index (χ2n) is 13.4. The number of carbonyl (C=O) groups is 1. The molecule has 1 N–H and O–H groups in total. The van der Waals surface area contributed by atoms with Crippen molar-refractivity contribution in [1.29, 1.82) is 5.26 Å². The summed E-state index contributed by atoms with van der Waals surface area (Å²) in [6.07, 6.45) is 5.42. The fourth-order valence-electron chi connectivity index (χ4n) is 6.44. The highest BCUT2D eigenvalue weighted by Crippen LogP contribution is 2.50. The van der Waals surface area contributed by atoms with E-state index < -0.39 is 27.4 Å². The van der Waals surface area contributed by atoms with Crippen LogP contribution in [0.3, 0.4) is 0 Å². The van der Waals surface area contributed by atoms with E-state index >= 15 is 4.39 Å². The third-order valence-corrected chi connectivity index (χ3v) is 10.8. The van der Waals surface area contributed by atoms with Gasteiger partial charge < -0.3 is 14.4 Å². The van der Waals surface area contributed by atoms with Gasteiger partial charge in [0.1, 0.15) is 23.0 Å². The smallest absolute Gasteiger partial charge is 0.410 e. The molecular formula is C33H41FN6O6S. The van der Waals surface area contributed by atoms with Gasteiger partial charge in [0.05, 0.1) is 22.9 Å². The van der Waals surface area contributed by atoms with Gasteiger partial charge in [-0.2, -0.15) is 18.0 Å². The molecule has 5 rings (SSSR count). The number of aryl methyl sites for hydroxylation is 1. The van der Waals surface area contributed by atoms with Crippen molar-refractivity contribution in [1.82, 2.24) is 18.8 Å². The molecule has 0 bridgehead atoms. The standard InChI is InChI=1S/C33H41FN6O6S/c1-7-38(6)47(43,44)37-25-9-8-24(34)29(23(25)19-35)45-27-11-10-26-28(21(27)2)30(41)40(20-36-26)22-12-13-33(18-22)14-16-39(17-15-33)31(42)46-32(3,4)5/h8-11,20,22,37H,7,12-18H2,1-6H3/t22-/m0/s1. The van der Waals surface area contributed by atoms with E-state index in [0.717, 1.165) is 48.5 Å². The lowest BCUT2D eigenvalue weighted by molar-refractivity contribution is 0.0103. The molecule has 1 aliphatic carbocycles. The highest BCUT2D eigenvalue weighted by atomic mass is 32.2. The first kappa shape index (κ1) is 34.1. The zero-order valence-corrected chi connectivity index (χ0v) is 28.4. The van der Waals surface area contributed by atoms with Gasteiger partial charge >= 0.3 is 16.3 Å². The molecule has 252 valence electrons. The Morgan fingerprint density at radius 2 is 1.91 bits per heavy atom. The number of amides is 1. The summed E-state index contributed by atoms with van der Waals surface area (Å²) >= 11 is 0. The molecule has 1 aliphatic heterocycles. The Morgan fingerprint density at radius 3 is 2.55 bits per heavy atom. The molecule has 3 aromatic rings. The largest absolute Gasteiger partial charge is 0.452 e. The zero-order chi connectivity index (χ0) is 34.3. The average Bonchev–Trinajstić information content (AvgIpc) is 3.41. The summed E-state index contributed by atoms with van der Waals surface area (Å²) in [6.45, 7) is 10.3. The molecule has 0 unspecified atom stereocenters. The molecule has 0 radical (unpaired) electrons. The van der Waals surface area contributed by atoms with Crippen molar-refractivity contribution >= 4 is 32.9 Å². The summed E-state index contributed by atoms with van der Waals surface area (Å²) in [6, 6.07) is 7.08. The number of fused-ring (bicyclic) bond motifs is 1. The minimum absolute atomic E-state index is 0.0151. The van der Waals surface area contributed by atoms with Gasteiger partial charge in [0.25, 0.3) is 5.56 Å². The molecular weight excluding hydrogens is 627 g/mol. The van der Waals surface area contributed by atoms with Crippen LogP contribution in [0.15, 0.2) is 35.4 Å². The third kappa shape index (κ3) is 6.92. The number of rotatable bonds is 7. The number of piperidine rings is 1. The monoisotopic (exact) mass is 668 g/mol. The number of halogens is 1. The van der Waals surface area contributed by atoms with Gasteiger partial charge in [0.15, 0.2) is 11.6 Å². The van der Waals surface area contributed by atoms with Crippen molar-refractivity contribution in [3.05, 3.63) is 57.9 Å². The van der Waals surface area contributed by atoms with Crippen molar-refractivity contribution in [2.24, 2.45) is 5.41 Å². The second-order valence-corrected chi connectivity index (χ2v) is 15.2. The van der Waals surface area contributed by atoms with Crippen molar-refractivity contribution < 1.29 is 27.1 Å². The maximum absolute atomic E-state index is 15.1. The number of nitrogens with zero attached hydrogens (tertiary/aromatic N) is 5. The molecule has 2 heterocycles. The molecule has 12 nitrogen and oxygen atoms in total. The summed E-state index contributed by atoms with van der Waals surface area (Å²) in [4.78, 5) is 32.9. The van der Waals surface area contributed by atoms with Crippen LogP contribution < -0.4 is 15.0 Å². The Bertz CT molecular complexity index is 1910. The lowest BCUT2D eigenvalue weighted by atomic mass is 9.77. The summed E-state index contributed by atoms with van der Waals surface area (Å²) in [5.74, 6) is -1.20. The SMILES string of the molecule is CCN(C)S(=O)(=O)Nc1ccc(F)c(Oc2ccc3ncn([C@H]4CCC5(CCN(C(=O)OC(C)(C)C)CC5)C4)c(=O)c3c2C)c1C#N. The van der Waals surface area contributed by atoms with Crippen molar-refractivity contribution in [3.8, 4) is 17.6 Å². The Balaban J connectivity index is 1.40. The Hall–Kier alpha value is -4.22. The number of anilines is 1. The van der Waals surface area contributed by atoms with Crippen LogP contribution in [0.1, 0.15) is 77.0 Å². The second kappa shape index (κ2) is 12.8. The van der Waals surface area contributed by atoms with Gasteiger partial charge in [-0.25, -0.2) is 14.2 Å². The number of carbonyl (C=O) groups excluding carboxylic acids is 1. The molecule has 2 fully saturated rings. The van der Waals surface area contributed by atoms with Crippen molar-refractivity contribution in [2.75, 3.05) is 31.4 Å². The lowest BCUT2D eigenvalue weighted by Crippen LogP contribution is -2.44. The summed E-state index contributed by atoms with van der Waals surface area (Å²) in [5.41, 5.74) is -0.418. The van der Waals surface area contributed by atoms with Crippen LogP contribution in [0.4, 0.5) is 14.9 Å². The number of likely N-dealkylation sites (tertiary alicyclic amines) is 1. The van der Waals surface area contributed by atoms with Crippen LogP contribution in [0.5, 0.6) is 11.5 Å². The predicted octanol–water partition coefficient (Wildman–Crippen LogP) is 5.86. The molecule has 2 aromatic carbocycles. The molecule has 1 atom stereocenters. The topological polar surface area (TPSA) is 147 Å². The molecule has 14 heteroatoms. The van der Waals surface area contributed by atoms with Crippen LogP contribution in [-0.2, 0) is 14.9 Å². The first-order valence-corrected chi connectivity index (χ1v) is 17.1. The van der Waals surface area contributed by atoms with Crippen LogP contribution in [-0.4, -0.2) is 65.6 Å². The molecule has 1 aromatic heterocycles. The molecule has 47 heavy (non-hydrogen) atoms. The number of ether oxygens (including phenoxy) is 2. The highest BCUT2D eigenvalue weighted by Gasteiger charge is 2.43. The van der Waals surface area contributed by atoms with Gasteiger partial charge in [-0.15, -0.1) is 0 Å². The number of hydrogen-bond acceptors (Lipinski definition) is 8. The normalized spacial score (nSPS) is 18.0. The maximum atomic E-state index is 15.1. The minimum atomic E-state index is -4.00. The van der Waals surface area contributed by atoms with E-state index in [9.17, 15) is 23.3 Å². The van der Waals surface area contributed by atoms with E-state index in [4.69, 9.17) is 9.47 Å². The van der Waals surface area contributed by atoms with Crippen LogP contribution in [0.2, 0.25) is 0 Å².